The number of carbonyl (C=O) groups is 2. The van der Waals surface area contributed by atoms with Gasteiger partial charge >= 0.3 is 0 Å². The Morgan fingerprint density at radius 2 is 1.65 bits per heavy atom. The molecule has 1 saturated heterocycles. The molecule has 6 aliphatic rings. The van der Waals surface area contributed by atoms with Crippen LogP contribution in [0.25, 0.3) is 10.9 Å². The van der Waals surface area contributed by atoms with E-state index >= 15 is 0 Å². The van der Waals surface area contributed by atoms with Crippen LogP contribution in [0, 0.1) is 36.0 Å². The SMILES string of the molecule is CC1=CC(C)=C(CCC(=O)c2c(C)n([C@@H](C)C3CCN(CCNCCC45CC6CC(CC(C6)C4)C5)CC3)c3ccccc23)C(=O)C1. The zero-order valence-corrected chi connectivity index (χ0v) is 29.0. The van der Waals surface area contributed by atoms with Gasteiger partial charge in [0.2, 0.25) is 0 Å². The van der Waals surface area contributed by atoms with Gasteiger partial charge in [-0.15, -0.1) is 0 Å². The van der Waals surface area contributed by atoms with E-state index in [-0.39, 0.29) is 11.6 Å². The van der Waals surface area contributed by atoms with E-state index in [1.165, 1.54) is 50.6 Å². The first-order valence-electron chi connectivity index (χ1n) is 18.7. The summed E-state index contributed by atoms with van der Waals surface area (Å²) in [5.41, 5.74) is 6.75. The number of piperidine rings is 1. The maximum Gasteiger partial charge on any atom is 0.165 e. The molecule has 2 heterocycles. The fraction of sp³-hybridized carbons (Fsp3) is 0.659. The fourth-order valence-corrected chi connectivity index (χ4v) is 11.2. The Bertz CT molecular complexity index is 1500. The zero-order chi connectivity index (χ0) is 32.0. The lowest BCUT2D eigenvalue weighted by atomic mass is 9.49. The standard InChI is InChI=1S/C41H57N3O2/c1-27-19-28(2)35(39(46)20-27)9-10-38(45)40-30(4)44(37-8-6-5-7-36(37)40)29(3)34-11-16-43(17-12-34)18-15-42-14-13-41-24-31-21-32(25-41)23-33(22-31)26-41/h5-8,19,29,31-34,42H,9-18,20-26H2,1-4H3/t29-,31?,32?,33?,41?/m0/s1. The van der Waals surface area contributed by atoms with E-state index < -0.39 is 0 Å². The van der Waals surface area contributed by atoms with Crippen LogP contribution in [-0.4, -0.2) is 53.8 Å². The first kappa shape index (κ1) is 32.1. The van der Waals surface area contributed by atoms with Crippen molar-refractivity contribution in [2.75, 3.05) is 32.7 Å². The lowest BCUT2D eigenvalue weighted by molar-refractivity contribution is -0.115. The van der Waals surface area contributed by atoms with Crippen LogP contribution < -0.4 is 5.32 Å². The number of nitrogens with zero attached hydrogens (tertiary/aromatic N) is 2. The zero-order valence-electron chi connectivity index (χ0n) is 29.0. The van der Waals surface area contributed by atoms with Crippen LogP contribution in [-0.2, 0) is 4.79 Å². The van der Waals surface area contributed by atoms with Crippen molar-refractivity contribution in [3.63, 3.8) is 0 Å². The number of hydrogen-bond donors (Lipinski definition) is 1. The summed E-state index contributed by atoms with van der Waals surface area (Å²) >= 11 is 0. The number of benzene rings is 1. The third-order valence-corrected chi connectivity index (χ3v) is 13.1. The van der Waals surface area contributed by atoms with Crippen LogP contribution in [0.1, 0.15) is 120 Å². The number of para-hydroxylation sites is 1. The summed E-state index contributed by atoms with van der Waals surface area (Å²) in [5.74, 6) is 4.09. The van der Waals surface area contributed by atoms with Gasteiger partial charge in [0.05, 0.1) is 0 Å². The second kappa shape index (κ2) is 13.2. The van der Waals surface area contributed by atoms with Gasteiger partial charge in [-0.05, 0) is 158 Å². The van der Waals surface area contributed by atoms with Crippen molar-refractivity contribution in [3.8, 4) is 0 Å². The molecule has 46 heavy (non-hydrogen) atoms. The summed E-state index contributed by atoms with van der Waals surface area (Å²) in [4.78, 5) is 29.2. The number of Topliss-reactive ketones (excluding diaryl/α,β-unsaturated/α-hetero) is 2. The van der Waals surface area contributed by atoms with Crippen molar-refractivity contribution in [1.29, 1.82) is 0 Å². The second-order valence-electron chi connectivity index (χ2n) is 16.4. The Morgan fingerprint density at radius 3 is 2.33 bits per heavy atom. The molecular weight excluding hydrogens is 566 g/mol. The summed E-state index contributed by atoms with van der Waals surface area (Å²) in [6, 6.07) is 8.78. The van der Waals surface area contributed by atoms with Crippen molar-refractivity contribution in [2.24, 2.45) is 29.1 Å². The Morgan fingerprint density at radius 1 is 0.978 bits per heavy atom. The van der Waals surface area contributed by atoms with Gasteiger partial charge in [0.15, 0.2) is 11.6 Å². The van der Waals surface area contributed by atoms with Gasteiger partial charge in [-0.25, -0.2) is 0 Å². The van der Waals surface area contributed by atoms with Crippen LogP contribution in [0.3, 0.4) is 0 Å². The molecule has 5 nitrogen and oxygen atoms in total. The molecule has 5 heteroatoms. The van der Waals surface area contributed by atoms with Crippen LogP contribution in [0.4, 0.5) is 0 Å². The van der Waals surface area contributed by atoms with Crippen LogP contribution in [0.15, 0.2) is 47.1 Å². The molecule has 2 aromatic rings. The number of hydrogen-bond acceptors (Lipinski definition) is 4. The number of allylic oxidation sites excluding steroid dienone is 4. The fourth-order valence-electron chi connectivity index (χ4n) is 11.2. The molecule has 5 fully saturated rings. The molecule has 1 aromatic heterocycles. The number of ketones is 2. The van der Waals surface area contributed by atoms with Crippen molar-refractivity contribution in [2.45, 2.75) is 111 Å². The van der Waals surface area contributed by atoms with Gasteiger partial charge in [-0.3, -0.25) is 9.59 Å². The Kier molecular flexibility index (Phi) is 9.19. The van der Waals surface area contributed by atoms with Crippen molar-refractivity contribution in [1.82, 2.24) is 14.8 Å². The summed E-state index contributed by atoms with van der Waals surface area (Å²) in [5, 5.41) is 4.90. The van der Waals surface area contributed by atoms with Crippen LogP contribution in [0.5, 0.6) is 0 Å². The average Bonchev–Trinajstić information content (AvgIpc) is 3.31. The summed E-state index contributed by atoms with van der Waals surface area (Å²) < 4.78 is 2.46. The van der Waals surface area contributed by atoms with Crippen molar-refractivity contribution >= 4 is 22.5 Å². The minimum absolute atomic E-state index is 0.157. The third-order valence-electron chi connectivity index (χ3n) is 13.1. The van der Waals surface area contributed by atoms with Gasteiger partial charge < -0.3 is 14.8 Å². The number of rotatable bonds is 12. The Balaban J connectivity index is 0.924. The molecule has 1 aliphatic heterocycles. The van der Waals surface area contributed by atoms with Gasteiger partial charge in [-0.2, -0.15) is 0 Å². The minimum atomic E-state index is 0.157. The number of fused-ring (bicyclic) bond motifs is 1. The van der Waals surface area contributed by atoms with E-state index in [1.54, 1.807) is 19.3 Å². The Labute approximate surface area is 277 Å². The van der Waals surface area contributed by atoms with Crippen molar-refractivity contribution in [3.05, 3.63) is 58.3 Å². The molecule has 1 aromatic carbocycles. The molecule has 248 valence electrons. The summed E-state index contributed by atoms with van der Waals surface area (Å²) in [6.07, 6.45) is 16.5. The molecule has 5 aliphatic carbocycles. The molecule has 0 amide bonds. The largest absolute Gasteiger partial charge is 0.341 e. The summed E-state index contributed by atoms with van der Waals surface area (Å²) in [6.45, 7) is 14.3. The average molecular weight is 624 g/mol. The van der Waals surface area contributed by atoms with Crippen molar-refractivity contribution < 1.29 is 9.59 Å². The minimum Gasteiger partial charge on any atom is -0.341 e. The van der Waals surface area contributed by atoms with E-state index in [4.69, 9.17) is 0 Å². The van der Waals surface area contributed by atoms with E-state index in [9.17, 15) is 9.59 Å². The number of aromatic nitrogens is 1. The lowest BCUT2D eigenvalue weighted by Crippen LogP contribution is -2.47. The monoisotopic (exact) mass is 623 g/mol. The first-order valence-corrected chi connectivity index (χ1v) is 18.7. The quantitative estimate of drug-likeness (QED) is 0.190. The second-order valence-corrected chi connectivity index (χ2v) is 16.4. The highest BCUT2D eigenvalue weighted by Gasteiger charge is 2.50. The molecule has 0 spiro atoms. The predicted molar refractivity (Wildman–Crippen MR) is 188 cm³/mol. The highest BCUT2D eigenvalue weighted by Crippen LogP contribution is 2.61. The molecule has 4 saturated carbocycles. The Hall–Kier alpha value is -2.50. The molecule has 1 atom stereocenters. The van der Waals surface area contributed by atoms with Gasteiger partial charge in [0, 0.05) is 54.1 Å². The van der Waals surface area contributed by atoms with E-state index in [2.05, 4.69) is 52.9 Å². The molecule has 0 unspecified atom stereocenters. The van der Waals surface area contributed by atoms with Gasteiger partial charge in [-0.1, -0.05) is 29.8 Å². The highest BCUT2D eigenvalue weighted by atomic mass is 16.1. The first-order chi connectivity index (χ1) is 22.2. The maximum atomic E-state index is 13.8. The molecule has 1 N–H and O–H groups in total. The molecular formula is C41H57N3O2. The van der Waals surface area contributed by atoms with Crippen LogP contribution >= 0.6 is 0 Å². The third kappa shape index (κ3) is 6.35. The van der Waals surface area contributed by atoms with E-state index in [1.807, 2.05) is 19.9 Å². The van der Waals surface area contributed by atoms with E-state index in [0.29, 0.717) is 36.6 Å². The van der Waals surface area contributed by atoms with Gasteiger partial charge in [0.1, 0.15) is 0 Å². The number of likely N-dealkylation sites (tertiary alicyclic amines) is 1. The normalized spacial score (nSPS) is 29.2. The van der Waals surface area contributed by atoms with Crippen LogP contribution in [0.2, 0.25) is 0 Å². The maximum absolute atomic E-state index is 13.8. The number of nitrogens with one attached hydrogen (secondary N) is 1. The molecule has 8 rings (SSSR count). The molecule has 0 radical (unpaired) electrons. The molecule has 4 bridgehead atoms. The highest BCUT2D eigenvalue weighted by molar-refractivity contribution is 6.10. The smallest absolute Gasteiger partial charge is 0.165 e. The predicted octanol–water partition coefficient (Wildman–Crippen LogP) is 8.62. The topological polar surface area (TPSA) is 54.3 Å². The van der Waals surface area contributed by atoms with E-state index in [0.717, 1.165) is 77.3 Å². The number of carbonyl (C=O) groups excluding carboxylic acids is 2. The lowest BCUT2D eigenvalue weighted by Gasteiger charge is -2.57. The van der Waals surface area contributed by atoms with Gasteiger partial charge in [0.25, 0.3) is 0 Å². The summed E-state index contributed by atoms with van der Waals surface area (Å²) in [7, 11) is 0.